The summed E-state index contributed by atoms with van der Waals surface area (Å²) in [6, 6.07) is 9.07. The number of rotatable bonds is 5. The first-order valence-electron chi connectivity index (χ1n) is 5.69. The second-order valence-corrected chi connectivity index (χ2v) is 4.08. The number of aryl methyl sites for hydroxylation is 1. The molecule has 0 aliphatic rings. The lowest BCUT2D eigenvalue weighted by Gasteiger charge is -2.15. The SMILES string of the molecule is Cc1ccc(N)cc1NC(=O)CN(CC#N)CC#N. The number of nitrogen functional groups attached to an aromatic ring is 1. The molecule has 0 saturated carbocycles. The Bertz CT molecular complexity index is 525. The molecule has 0 fully saturated rings. The van der Waals surface area contributed by atoms with Gasteiger partial charge in [0, 0.05) is 11.4 Å². The summed E-state index contributed by atoms with van der Waals surface area (Å²) >= 11 is 0. The van der Waals surface area contributed by atoms with Crippen molar-refractivity contribution in [2.45, 2.75) is 6.92 Å². The summed E-state index contributed by atoms with van der Waals surface area (Å²) in [4.78, 5) is 13.3. The summed E-state index contributed by atoms with van der Waals surface area (Å²) in [6.45, 7) is 1.93. The maximum absolute atomic E-state index is 11.8. The minimum Gasteiger partial charge on any atom is -0.399 e. The topological polar surface area (TPSA) is 106 Å². The molecule has 1 aromatic carbocycles. The van der Waals surface area contributed by atoms with Crippen molar-refractivity contribution in [3.05, 3.63) is 23.8 Å². The second kappa shape index (κ2) is 7.00. The number of nitrogens with two attached hydrogens (primary N) is 1. The molecule has 0 spiro atoms. The Morgan fingerprint density at radius 3 is 2.58 bits per heavy atom. The van der Waals surface area contributed by atoms with E-state index >= 15 is 0 Å². The molecule has 6 nitrogen and oxygen atoms in total. The fourth-order valence-electron chi connectivity index (χ4n) is 1.53. The van der Waals surface area contributed by atoms with Gasteiger partial charge in [-0.25, -0.2) is 0 Å². The number of hydrogen-bond acceptors (Lipinski definition) is 5. The van der Waals surface area contributed by atoms with Crippen LogP contribution in [0.3, 0.4) is 0 Å². The molecule has 0 aromatic heterocycles. The summed E-state index contributed by atoms with van der Waals surface area (Å²) < 4.78 is 0. The van der Waals surface area contributed by atoms with E-state index in [2.05, 4.69) is 5.32 Å². The smallest absolute Gasteiger partial charge is 0.238 e. The van der Waals surface area contributed by atoms with Crippen LogP contribution < -0.4 is 11.1 Å². The lowest BCUT2D eigenvalue weighted by Crippen LogP contribution is -2.34. The minimum absolute atomic E-state index is 0.00460. The van der Waals surface area contributed by atoms with Crippen molar-refractivity contribution in [1.29, 1.82) is 10.5 Å². The average Bonchev–Trinajstić information content (AvgIpc) is 2.34. The van der Waals surface area contributed by atoms with Crippen LogP contribution in [0.5, 0.6) is 0 Å². The minimum atomic E-state index is -0.279. The fraction of sp³-hybridized carbons (Fsp3) is 0.308. The van der Waals surface area contributed by atoms with Gasteiger partial charge in [-0.15, -0.1) is 0 Å². The zero-order valence-corrected chi connectivity index (χ0v) is 10.7. The first kappa shape index (κ1) is 14.5. The van der Waals surface area contributed by atoms with Gasteiger partial charge in [-0.05, 0) is 24.6 Å². The lowest BCUT2D eigenvalue weighted by atomic mass is 10.2. The van der Waals surface area contributed by atoms with E-state index in [4.69, 9.17) is 16.3 Å². The molecule has 0 saturated heterocycles. The van der Waals surface area contributed by atoms with Gasteiger partial charge in [0.15, 0.2) is 0 Å². The number of hydrogen-bond donors (Lipinski definition) is 2. The molecule has 3 N–H and O–H groups in total. The molecule has 0 aliphatic heterocycles. The van der Waals surface area contributed by atoms with Gasteiger partial charge >= 0.3 is 0 Å². The Hall–Kier alpha value is -2.57. The highest BCUT2D eigenvalue weighted by atomic mass is 16.2. The summed E-state index contributed by atoms with van der Waals surface area (Å²) in [5, 5.41) is 19.9. The van der Waals surface area contributed by atoms with E-state index < -0.39 is 0 Å². The molecule has 0 unspecified atom stereocenters. The Labute approximate surface area is 112 Å². The first-order chi connectivity index (χ1) is 9.06. The average molecular weight is 257 g/mol. The number of nitrogens with one attached hydrogen (secondary N) is 1. The maximum atomic E-state index is 11.8. The van der Waals surface area contributed by atoms with Crippen LogP contribution in [0.1, 0.15) is 5.56 Å². The summed E-state index contributed by atoms with van der Waals surface area (Å²) in [6.07, 6.45) is 0. The molecular weight excluding hydrogens is 242 g/mol. The van der Waals surface area contributed by atoms with Crippen LogP contribution in [-0.4, -0.2) is 30.4 Å². The van der Waals surface area contributed by atoms with Crippen molar-refractivity contribution >= 4 is 17.3 Å². The Kier molecular flexibility index (Phi) is 5.34. The Morgan fingerprint density at radius 2 is 2.00 bits per heavy atom. The number of carbonyl (C=O) groups excluding carboxylic acids is 1. The van der Waals surface area contributed by atoms with E-state index in [1.54, 1.807) is 12.1 Å². The molecule has 0 aliphatic carbocycles. The second-order valence-electron chi connectivity index (χ2n) is 4.08. The summed E-state index contributed by atoms with van der Waals surface area (Å²) in [5.74, 6) is -0.279. The number of anilines is 2. The van der Waals surface area contributed by atoms with Crippen LogP contribution in [0.2, 0.25) is 0 Å². The molecular formula is C13H15N5O. The van der Waals surface area contributed by atoms with Gasteiger partial charge in [-0.1, -0.05) is 6.07 Å². The Balaban J connectivity index is 2.67. The number of benzene rings is 1. The molecule has 98 valence electrons. The van der Waals surface area contributed by atoms with Gasteiger partial charge in [-0.3, -0.25) is 9.69 Å². The molecule has 19 heavy (non-hydrogen) atoms. The van der Waals surface area contributed by atoms with E-state index in [9.17, 15) is 4.79 Å². The molecule has 1 amide bonds. The highest BCUT2D eigenvalue weighted by Crippen LogP contribution is 2.17. The summed E-state index contributed by atoms with van der Waals surface area (Å²) in [5.41, 5.74) is 7.75. The molecule has 0 heterocycles. The molecule has 0 atom stereocenters. The number of carbonyl (C=O) groups is 1. The molecule has 0 bridgehead atoms. The van der Waals surface area contributed by atoms with E-state index in [-0.39, 0.29) is 25.5 Å². The zero-order chi connectivity index (χ0) is 14.3. The van der Waals surface area contributed by atoms with Gasteiger partial charge in [0.1, 0.15) is 0 Å². The van der Waals surface area contributed by atoms with Gasteiger partial charge in [0.25, 0.3) is 0 Å². The highest BCUT2D eigenvalue weighted by Gasteiger charge is 2.11. The van der Waals surface area contributed by atoms with Crippen molar-refractivity contribution in [2.75, 3.05) is 30.7 Å². The van der Waals surface area contributed by atoms with Crippen molar-refractivity contribution in [1.82, 2.24) is 4.90 Å². The summed E-state index contributed by atoms with van der Waals surface area (Å²) in [7, 11) is 0. The van der Waals surface area contributed by atoms with Crippen molar-refractivity contribution in [3.8, 4) is 12.1 Å². The molecule has 6 heteroatoms. The zero-order valence-electron chi connectivity index (χ0n) is 10.7. The van der Waals surface area contributed by atoms with Crippen LogP contribution in [0, 0.1) is 29.6 Å². The van der Waals surface area contributed by atoms with Gasteiger partial charge in [0.2, 0.25) is 5.91 Å². The van der Waals surface area contributed by atoms with E-state index in [0.717, 1.165) is 5.56 Å². The number of nitriles is 2. The standard InChI is InChI=1S/C13H15N5O/c1-10-2-3-11(16)8-12(10)17-13(19)9-18(6-4-14)7-5-15/h2-3,8H,6-7,9,16H2,1H3,(H,17,19). The van der Waals surface area contributed by atoms with Crippen LogP contribution in [0.25, 0.3) is 0 Å². The van der Waals surface area contributed by atoms with E-state index in [1.807, 2.05) is 25.1 Å². The third-order valence-corrected chi connectivity index (χ3v) is 2.49. The van der Waals surface area contributed by atoms with Gasteiger partial charge in [-0.2, -0.15) is 10.5 Å². The quantitative estimate of drug-likeness (QED) is 0.601. The molecule has 1 aromatic rings. The van der Waals surface area contributed by atoms with Crippen LogP contribution in [0.15, 0.2) is 18.2 Å². The third-order valence-electron chi connectivity index (χ3n) is 2.49. The van der Waals surface area contributed by atoms with Crippen molar-refractivity contribution < 1.29 is 4.79 Å². The van der Waals surface area contributed by atoms with Gasteiger partial charge < -0.3 is 11.1 Å². The van der Waals surface area contributed by atoms with E-state index in [1.165, 1.54) is 4.90 Å². The molecule has 0 radical (unpaired) electrons. The predicted octanol–water partition coefficient (Wildman–Crippen LogP) is 0.865. The van der Waals surface area contributed by atoms with Crippen molar-refractivity contribution in [3.63, 3.8) is 0 Å². The first-order valence-corrected chi connectivity index (χ1v) is 5.69. The van der Waals surface area contributed by atoms with Gasteiger partial charge in [0.05, 0.1) is 31.8 Å². The largest absolute Gasteiger partial charge is 0.399 e. The van der Waals surface area contributed by atoms with Crippen LogP contribution >= 0.6 is 0 Å². The monoisotopic (exact) mass is 257 g/mol. The predicted molar refractivity (Wildman–Crippen MR) is 71.9 cm³/mol. The molecule has 1 rings (SSSR count). The number of amides is 1. The normalized spacial score (nSPS) is 9.68. The van der Waals surface area contributed by atoms with Crippen LogP contribution in [0.4, 0.5) is 11.4 Å². The lowest BCUT2D eigenvalue weighted by molar-refractivity contribution is -0.117. The Morgan fingerprint density at radius 1 is 1.37 bits per heavy atom. The third kappa shape index (κ3) is 4.66. The fourth-order valence-corrected chi connectivity index (χ4v) is 1.53. The van der Waals surface area contributed by atoms with Crippen LogP contribution in [-0.2, 0) is 4.79 Å². The maximum Gasteiger partial charge on any atom is 0.238 e. The highest BCUT2D eigenvalue weighted by molar-refractivity contribution is 5.93. The van der Waals surface area contributed by atoms with Crippen molar-refractivity contribution in [2.24, 2.45) is 0 Å². The van der Waals surface area contributed by atoms with E-state index in [0.29, 0.717) is 11.4 Å². The number of nitrogens with zero attached hydrogens (tertiary/aromatic N) is 3.